The van der Waals surface area contributed by atoms with E-state index in [1.165, 1.54) is 17.5 Å². The van der Waals surface area contributed by atoms with Gasteiger partial charge in [-0.2, -0.15) is 0 Å². The van der Waals surface area contributed by atoms with Crippen LogP contribution in [0.5, 0.6) is 5.75 Å². The number of amides is 1. The molecule has 130 valence electrons. The Morgan fingerprint density at radius 1 is 1.08 bits per heavy atom. The lowest BCUT2D eigenvalue weighted by Gasteiger charge is -2.27. The molecule has 0 bridgehead atoms. The maximum atomic E-state index is 12.7. The first-order valence-electron chi connectivity index (χ1n) is 9.26. The molecule has 0 aliphatic carbocycles. The minimum Gasteiger partial charge on any atom is -0.492 e. The predicted molar refractivity (Wildman–Crippen MR) is 99.2 cm³/mol. The van der Waals surface area contributed by atoms with Crippen molar-refractivity contribution < 1.29 is 9.53 Å². The Bertz CT molecular complexity index is 765. The Morgan fingerprint density at radius 2 is 1.84 bits per heavy atom. The monoisotopic (exact) mass is 335 g/mol. The van der Waals surface area contributed by atoms with Gasteiger partial charge in [0.1, 0.15) is 5.75 Å². The van der Waals surface area contributed by atoms with E-state index in [2.05, 4.69) is 37.3 Å². The molecule has 4 rings (SSSR count). The largest absolute Gasteiger partial charge is 0.492 e. The van der Waals surface area contributed by atoms with Gasteiger partial charge in [0, 0.05) is 29.6 Å². The SMILES string of the molecule is C[C@]1(Cc2ccccc2)COc2cc(C(=O)N3CCCCC3)ccc21. The van der Waals surface area contributed by atoms with Crippen LogP contribution in [0.2, 0.25) is 0 Å². The number of fused-ring (bicyclic) bond motifs is 1. The quantitative estimate of drug-likeness (QED) is 0.841. The van der Waals surface area contributed by atoms with Crippen LogP contribution in [0.15, 0.2) is 48.5 Å². The molecule has 0 spiro atoms. The van der Waals surface area contributed by atoms with Crippen LogP contribution >= 0.6 is 0 Å². The Labute approximate surface area is 149 Å². The van der Waals surface area contributed by atoms with Gasteiger partial charge in [-0.15, -0.1) is 0 Å². The third kappa shape index (κ3) is 3.15. The molecule has 1 atom stereocenters. The van der Waals surface area contributed by atoms with Crippen LogP contribution in [-0.2, 0) is 11.8 Å². The molecule has 2 aliphatic heterocycles. The van der Waals surface area contributed by atoms with Crippen molar-refractivity contribution in [3.8, 4) is 5.75 Å². The summed E-state index contributed by atoms with van der Waals surface area (Å²) in [7, 11) is 0. The number of benzene rings is 2. The van der Waals surface area contributed by atoms with Crippen molar-refractivity contribution >= 4 is 5.91 Å². The highest BCUT2D eigenvalue weighted by Crippen LogP contribution is 2.41. The highest BCUT2D eigenvalue weighted by Gasteiger charge is 2.37. The van der Waals surface area contributed by atoms with Crippen LogP contribution in [0.1, 0.15) is 47.7 Å². The van der Waals surface area contributed by atoms with Crippen molar-refractivity contribution in [2.75, 3.05) is 19.7 Å². The second kappa shape index (κ2) is 6.55. The van der Waals surface area contributed by atoms with E-state index in [0.717, 1.165) is 43.7 Å². The Kier molecular flexibility index (Phi) is 4.24. The molecule has 0 unspecified atom stereocenters. The van der Waals surface area contributed by atoms with E-state index in [1.54, 1.807) is 0 Å². The van der Waals surface area contributed by atoms with E-state index in [0.29, 0.717) is 6.61 Å². The average Bonchev–Trinajstić information content (AvgIpc) is 2.99. The van der Waals surface area contributed by atoms with Gasteiger partial charge in [0.25, 0.3) is 5.91 Å². The zero-order valence-corrected chi connectivity index (χ0v) is 14.8. The summed E-state index contributed by atoms with van der Waals surface area (Å²) < 4.78 is 5.99. The molecule has 0 aromatic heterocycles. The van der Waals surface area contributed by atoms with Gasteiger partial charge >= 0.3 is 0 Å². The molecular weight excluding hydrogens is 310 g/mol. The topological polar surface area (TPSA) is 29.5 Å². The average molecular weight is 335 g/mol. The van der Waals surface area contributed by atoms with Crippen molar-refractivity contribution in [2.24, 2.45) is 0 Å². The first-order valence-corrected chi connectivity index (χ1v) is 9.26. The molecule has 1 fully saturated rings. The van der Waals surface area contributed by atoms with Crippen LogP contribution in [0.25, 0.3) is 0 Å². The molecular formula is C22H25NO2. The van der Waals surface area contributed by atoms with E-state index in [-0.39, 0.29) is 11.3 Å². The van der Waals surface area contributed by atoms with Crippen molar-refractivity contribution in [1.82, 2.24) is 4.90 Å². The summed E-state index contributed by atoms with van der Waals surface area (Å²) in [6, 6.07) is 16.6. The van der Waals surface area contributed by atoms with Gasteiger partial charge in [0.2, 0.25) is 0 Å². The fourth-order valence-corrected chi connectivity index (χ4v) is 4.06. The lowest BCUT2D eigenvalue weighted by atomic mass is 9.79. The summed E-state index contributed by atoms with van der Waals surface area (Å²) in [6.07, 6.45) is 4.40. The van der Waals surface area contributed by atoms with E-state index >= 15 is 0 Å². The van der Waals surface area contributed by atoms with E-state index in [9.17, 15) is 4.79 Å². The fraction of sp³-hybridized carbons (Fsp3) is 0.409. The predicted octanol–water partition coefficient (Wildman–Crippen LogP) is 4.21. The van der Waals surface area contributed by atoms with Gasteiger partial charge in [-0.05, 0) is 43.4 Å². The van der Waals surface area contributed by atoms with Gasteiger partial charge in [-0.25, -0.2) is 0 Å². The molecule has 2 heterocycles. The number of hydrogen-bond donors (Lipinski definition) is 0. The lowest BCUT2D eigenvalue weighted by Crippen LogP contribution is -2.35. The molecule has 0 saturated carbocycles. The summed E-state index contributed by atoms with van der Waals surface area (Å²) in [5.74, 6) is 1.02. The first kappa shape index (κ1) is 16.2. The summed E-state index contributed by atoms with van der Waals surface area (Å²) in [6.45, 7) is 4.67. The third-order valence-electron chi connectivity index (χ3n) is 5.51. The van der Waals surface area contributed by atoms with Crippen molar-refractivity contribution in [2.45, 2.75) is 38.0 Å². The third-order valence-corrected chi connectivity index (χ3v) is 5.51. The molecule has 1 amide bonds. The summed E-state index contributed by atoms with van der Waals surface area (Å²) in [5, 5.41) is 0. The zero-order valence-electron chi connectivity index (χ0n) is 14.8. The number of hydrogen-bond acceptors (Lipinski definition) is 2. The number of ether oxygens (including phenoxy) is 1. The maximum absolute atomic E-state index is 12.7. The van der Waals surface area contributed by atoms with Crippen LogP contribution in [0.4, 0.5) is 0 Å². The summed E-state index contributed by atoms with van der Waals surface area (Å²) in [5.41, 5.74) is 3.25. The van der Waals surface area contributed by atoms with Crippen LogP contribution in [-0.4, -0.2) is 30.5 Å². The molecule has 0 radical (unpaired) electrons. The Balaban J connectivity index is 1.56. The van der Waals surface area contributed by atoms with Crippen LogP contribution in [0.3, 0.4) is 0 Å². The Morgan fingerprint density at radius 3 is 2.60 bits per heavy atom. The van der Waals surface area contributed by atoms with Crippen molar-refractivity contribution in [1.29, 1.82) is 0 Å². The van der Waals surface area contributed by atoms with E-state index < -0.39 is 0 Å². The molecule has 3 nitrogen and oxygen atoms in total. The van der Waals surface area contributed by atoms with Crippen LogP contribution in [0, 0.1) is 0 Å². The summed E-state index contributed by atoms with van der Waals surface area (Å²) >= 11 is 0. The van der Waals surface area contributed by atoms with Gasteiger partial charge in [-0.1, -0.05) is 43.3 Å². The standard InChI is InChI=1S/C22H25NO2/c1-22(15-17-8-4-2-5-9-17)16-25-20-14-18(10-11-19(20)22)21(24)23-12-6-3-7-13-23/h2,4-5,8-11,14H,3,6-7,12-13,15-16H2,1H3/t22-/m0/s1. The van der Waals surface area contributed by atoms with Gasteiger partial charge in [0.05, 0.1) is 6.61 Å². The highest BCUT2D eigenvalue weighted by molar-refractivity contribution is 5.95. The minimum absolute atomic E-state index is 0.0383. The molecule has 25 heavy (non-hydrogen) atoms. The highest BCUT2D eigenvalue weighted by atomic mass is 16.5. The first-order chi connectivity index (χ1) is 12.2. The lowest BCUT2D eigenvalue weighted by molar-refractivity contribution is 0.0724. The molecule has 2 aliphatic rings. The molecule has 2 aromatic carbocycles. The van der Waals surface area contributed by atoms with E-state index in [1.807, 2.05) is 23.1 Å². The smallest absolute Gasteiger partial charge is 0.253 e. The normalized spacial score (nSPS) is 22.4. The van der Waals surface area contributed by atoms with Gasteiger partial charge in [0.15, 0.2) is 0 Å². The number of carbonyl (C=O) groups is 1. The van der Waals surface area contributed by atoms with E-state index in [4.69, 9.17) is 4.74 Å². The number of piperidine rings is 1. The fourth-order valence-electron chi connectivity index (χ4n) is 4.06. The number of carbonyl (C=O) groups excluding carboxylic acids is 1. The maximum Gasteiger partial charge on any atom is 0.253 e. The second-order valence-corrected chi connectivity index (χ2v) is 7.58. The second-order valence-electron chi connectivity index (χ2n) is 7.58. The molecule has 0 N–H and O–H groups in total. The molecule has 2 aromatic rings. The molecule has 3 heteroatoms. The van der Waals surface area contributed by atoms with Crippen molar-refractivity contribution in [3.63, 3.8) is 0 Å². The minimum atomic E-state index is -0.0383. The zero-order chi connectivity index (χ0) is 17.3. The number of rotatable bonds is 3. The van der Waals surface area contributed by atoms with Crippen LogP contribution < -0.4 is 4.74 Å². The van der Waals surface area contributed by atoms with Crippen molar-refractivity contribution in [3.05, 3.63) is 65.2 Å². The number of likely N-dealkylation sites (tertiary alicyclic amines) is 1. The Hall–Kier alpha value is -2.29. The number of nitrogens with zero attached hydrogens (tertiary/aromatic N) is 1. The summed E-state index contributed by atoms with van der Waals surface area (Å²) in [4.78, 5) is 14.7. The van der Waals surface area contributed by atoms with Gasteiger partial charge in [-0.3, -0.25) is 4.79 Å². The van der Waals surface area contributed by atoms with Gasteiger partial charge < -0.3 is 9.64 Å². The molecule has 1 saturated heterocycles.